The highest BCUT2D eigenvalue weighted by Gasteiger charge is 2.05. The topological polar surface area (TPSA) is 48.7 Å². The molecule has 0 amide bonds. The average Bonchev–Trinajstić information content (AvgIpc) is 2.36. The van der Waals surface area contributed by atoms with Crippen molar-refractivity contribution in [1.82, 2.24) is 4.98 Å². The number of aromatic nitrogens is 1. The predicted molar refractivity (Wildman–Crippen MR) is 75.2 cm³/mol. The van der Waals surface area contributed by atoms with Crippen molar-refractivity contribution in [2.45, 2.75) is 13.5 Å². The number of nitrogens with one attached hydrogen (secondary N) is 1. The highest BCUT2D eigenvalue weighted by Crippen LogP contribution is 2.17. The van der Waals surface area contributed by atoms with Gasteiger partial charge < -0.3 is 5.32 Å². The first-order valence-electron chi connectivity index (χ1n) is 5.54. The van der Waals surface area contributed by atoms with E-state index in [1.165, 1.54) is 0 Å². The number of hydrogen-bond acceptors (Lipinski definition) is 3. The minimum absolute atomic E-state index is 0.604. The number of hydrogen-bond donors (Lipinski definition) is 1. The van der Waals surface area contributed by atoms with E-state index in [1.54, 1.807) is 6.20 Å². The molecular weight excluding hydrogens is 290 g/mol. The van der Waals surface area contributed by atoms with Gasteiger partial charge in [0.1, 0.15) is 11.9 Å². The summed E-state index contributed by atoms with van der Waals surface area (Å²) >= 11 is 3.43. The Bertz CT molecular complexity index is 602. The van der Waals surface area contributed by atoms with Gasteiger partial charge in [0.15, 0.2) is 0 Å². The van der Waals surface area contributed by atoms with Crippen LogP contribution in [0.15, 0.2) is 41.0 Å². The predicted octanol–water partition coefficient (Wildman–Crippen LogP) is 3.64. The molecule has 0 spiro atoms. The van der Waals surface area contributed by atoms with Gasteiger partial charge in [0.25, 0.3) is 0 Å². The summed E-state index contributed by atoms with van der Waals surface area (Å²) in [5.41, 5.74) is 2.67. The SMILES string of the molecule is Cc1ccnc(NCc2cccc(Br)c2)c1C#N. The van der Waals surface area contributed by atoms with E-state index in [1.807, 2.05) is 37.3 Å². The van der Waals surface area contributed by atoms with Crippen LogP contribution in [0, 0.1) is 18.3 Å². The number of nitriles is 1. The van der Waals surface area contributed by atoms with Gasteiger partial charge >= 0.3 is 0 Å². The lowest BCUT2D eigenvalue weighted by Gasteiger charge is -2.08. The monoisotopic (exact) mass is 301 g/mol. The van der Waals surface area contributed by atoms with E-state index in [9.17, 15) is 0 Å². The van der Waals surface area contributed by atoms with E-state index < -0.39 is 0 Å². The molecule has 2 rings (SSSR count). The molecular formula is C14H12BrN3. The van der Waals surface area contributed by atoms with Crippen molar-refractivity contribution in [3.8, 4) is 6.07 Å². The van der Waals surface area contributed by atoms with Crippen molar-refractivity contribution < 1.29 is 0 Å². The largest absolute Gasteiger partial charge is 0.365 e. The zero-order valence-corrected chi connectivity index (χ0v) is 11.5. The molecule has 1 heterocycles. The molecule has 0 bridgehead atoms. The van der Waals surface area contributed by atoms with Crippen LogP contribution in [0.25, 0.3) is 0 Å². The van der Waals surface area contributed by atoms with Crippen LogP contribution in [0.3, 0.4) is 0 Å². The number of halogens is 1. The zero-order valence-electron chi connectivity index (χ0n) is 9.94. The Morgan fingerprint density at radius 2 is 2.22 bits per heavy atom. The van der Waals surface area contributed by atoms with Gasteiger partial charge in [0, 0.05) is 17.2 Å². The molecule has 0 unspecified atom stereocenters. The Kier molecular flexibility index (Phi) is 3.96. The fraction of sp³-hybridized carbons (Fsp3) is 0.143. The fourth-order valence-electron chi connectivity index (χ4n) is 1.67. The number of pyridine rings is 1. The van der Waals surface area contributed by atoms with E-state index in [4.69, 9.17) is 5.26 Å². The third-order valence-corrected chi connectivity index (χ3v) is 3.11. The van der Waals surface area contributed by atoms with Crippen molar-refractivity contribution >= 4 is 21.7 Å². The van der Waals surface area contributed by atoms with Crippen LogP contribution in [-0.2, 0) is 6.54 Å². The lowest BCUT2D eigenvalue weighted by Crippen LogP contribution is -2.04. The van der Waals surface area contributed by atoms with Crippen LogP contribution in [0.5, 0.6) is 0 Å². The number of anilines is 1. The second kappa shape index (κ2) is 5.65. The standard InChI is InChI=1S/C14H12BrN3/c1-10-5-6-17-14(13(10)8-16)18-9-11-3-2-4-12(15)7-11/h2-7H,9H2,1H3,(H,17,18). The molecule has 1 aromatic carbocycles. The molecule has 2 aromatic rings. The first-order chi connectivity index (χ1) is 8.70. The Hall–Kier alpha value is -1.86. The minimum atomic E-state index is 0.604. The number of nitrogens with zero attached hydrogens (tertiary/aromatic N) is 2. The molecule has 90 valence electrons. The second-order valence-electron chi connectivity index (χ2n) is 3.95. The molecule has 0 atom stereocenters. The van der Waals surface area contributed by atoms with Crippen molar-refractivity contribution in [3.63, 3.8) is 0 Å². The summed E-state index contributed by atoms with van der Waals surface area (Å²) in [6.07, 6.45) is 1.71. The second-order valence-corrected chi connectivity index (χ2v) is 4.86. The van der Waals surface area contributed by atoms with Crippen LogP contribution in [-0.4, -0.2) is 4.98 Å². The smallest absolute Gasteiger partial charge is 0.144 e. The first kappa shape index (κ1) is 12.6. The van der Waals surface area contributed by atoms with Crippen molar-refractivity contribution in [2.24, 2.45) is 0 Å². The lowest BCUT2D eigenvalue weighted by atomic mass is 10.1. The highest BCUT2D eigenvalue weighted by molar-refractivity contribution is 9.10. The third kappa shape index (κ3) is 2.88. The molecule has 0 aliphatic heterocycles. The van der Waals surface area contributed by atoms with E-state index >= 15 is 0 Å². The third-order valence-electron chi connectivity index (χ3n) is 2.62. The molecule has 1 N–H and O–H groups in total. The maximum Gasteiger partial charge on any atom is 0.144 e. The van der Waals surface area contributed by atoms with Gasteiger partial charge in [-0.05, 0) is 36.2 Å². The molecule has 3 nitrogen and oxygen atoms in total. The quantitative estimate of drug-likeness (QED) is 0.941. The van der Waals surface area contributed by atoms with Gasteiger partial charge in [0.2, 0.25) is 0 Å². The van der Waals surface area contributed by atoms with Crippen LogP contribution in [0.1, 0.15) is 16.7 Å². The summed E-state index contributed by atoms with van der Waals surface area (Å²) in [7, 11) is 0. The summed E-state index contributed by atoms with van der Waals surface area (Å²) in [4.78, 5) is 4.20. The highest BCUT2D eigenvalue weighted by atomic mass is 79.9. The van der Waals surface area contributed by atoms with Crippen molar-refractivity contribution in [2.75, 3.05) is 5.32 Å². The van der Waals surface area contributed by atoms with Gasteiger partial charge in [0.05, 0.1) is 5.56 Å². The maximum absolute atomic E-state index is 9.10. The van der Waals surface area contributed by atoms with Gasteiger partial charge in [-0.1, -0.05) is 28.1 Å². The molecule has 0 saturated heterocycles. The summed E-state index contributed by atoms with van der Waals surface area (Å²) < 4.78 is 1.04. The van der Waals surface area contributed by atoms with Gasteiger partial charge in [-0.2, -0.15) is 5.26 Å². The summed E-state index contributed by atoms with van der Waals surface area (Å²) in [6, 6.07) is 12.0. The van der Waals surface area contributed by atoms with Gasteiger partial charge in [-0.3, -0.25) is 0 Å². The van der Waals surface area contributed by atoms with E-state index in [-0.39, 0.29) is 0 Å². The van der Waals surface area contributed by atoms with Crippen molar-refractivity contribution in [1.29, 1.82) is 5.26 Å². The van der Waals surface area contributed by atoms with Crippen LogP contribution < -0.4 is 5.32 Å². The summed E-state index contributed by atoms with van der Waals surface area (Å²) in [5.74, 6) is 0.637. The van der Waals surface area contributed by atoms with E-state index in [2.05, 4.69) is 32.3 Å². The molecule has 0 fully saturated rings. The molecule has 18 heavy (non-hydrogen) atoms. The van der Waals surface area contributed by atoms with Gasteiger partial charge in [-0.15, -0.1) is 0 Å². The molecule has 0 radical (unpaired) electrons. The fourth-order valence-corrected chi connectivity index (χ4v) is 2.11. The maximum atomic E-state index is 9.10. The Morgan fingerprint density at radius 1 is 1.39 bits per heavy atom. The zero-order chi connectivity index (χ0) is 13.0. The average molecular weight is 302 g/mol. The Morgan fingerprint density at radius 3 is 2.94 bits per heavy atom. The van der Waals surface area contributed by atoms with Gasteiger partial charge in [-0.25, -0.2) is 4.98 Å². The Balaban J connectivity index is 2.16. The first-order valence-corrected chi connectivity index (χ1v) is 6.34. The number of aryl methyl sites for hydroxylation is 1. The summed E-state index contributed by atoms with van der Waals surface area (Å²) in [6.45, 7) is 2.55. The number of rotatable bonds is 3. The van der Waals surface area contributed by atoms with Crippen molar-refractivity contribution in [3.05, 3.63) is 57.7 Å². The van der Waals surface area contributed by atoms with E-state index in [0.29, 0.717) is 17.9 Å². The van der Waals surface area contributed by atoms with Crippen LogP contribution in [0.2, 0.25) is 0 Å². The molecule has 1 aromatic heterocycles. The molecule has 4 heteroatoms. The normalized spacial score (nSPS) is 9.83. The van der Waals surface area contributed by atoms with E-state index in [0.717, 1.165) is 15.6 Å². The molecule has 0 aliphatic carbocycles. The molecule has 0 saturated carbocycles. The minimum Gasteiger partial charge on any atom is -0.365 e. The van der Waals surface area contributed by atoms with Crippen LogP contribution >= 0.6 is 15.9 Å². The lowest BCUT2D eigenvalue weighted by molar-refractivity contribution is 1.10. The number of benzene rings is 1. The molecule has 0 aliphatic rings. The summed E-state index contributed by atoms with van der Waals surface area (Å²) in [5, 5.41) is 12.3. The van der Waals surface area contributed by atoms with Crippen LogP contribution in [0.4, 0.5) is 5.82 Å². The Labute approximate surface area is 115 Å².